The molecule has 0 aliphatic rings. The van der Waals surface area contributed by atoms with Crippen LogP contribution in [0.25, 0.3) is 11.3 Å². The number of nitrogens with one attached hydrogen (secondary N) is 2. The second-order valence-electron chi connectivity index (χ2n) is 5.61. The summed E-state index contributed by atoms with van der Waals surface area (Å²) in [5, 5.41) is 13.7. The number of hydrogen-bond donors (Lipinski definition) is 2. The summed E-state index contributed by atoms with van der Waals surface area (Å²) in [6, 6.07) is 10.5. The normalized spacial score (nSPS) is 10.7. The average Bonchev–Trinajstić information content (AvgIpc) is 3.37. The van der Waals surface area contributed by atoms with Crippen LogP contribution in [0.4, 0.5) is 5.69 Å². The van der Waals surface area contributed by atoms with E-state index in [1.165, 1.54) is 0 Å². The minimum Gasteiger partial charge on any atom is -0.472 e. The first-order chi connectivity index (χ1) is 12.7. The molecular formula is C18H15N5O3. The third-order valence-corrected chi connectivity index (χ3v) is 3.67. The van der Waals surface area contributed by atoms with Crippen molar-refractivity contribution < 1.29 is 13.9 Å². The molecular weight excluding hydrogens is 334 g/mol. The van der Waals surface area contributed by atoms with Crippen molar-refractivity contribution in [1.82, 2.24) is 20.0 Å². The number of carbonyl (C=O) groups is 1. The number of furan rings is 1. The summed E-state index contributed by atoms with van der Waals surface area (Å²) in [6.07, 6.45) is 6.52. The summed E-state index contributed by atoms with van der Waals surface area (Å²) in [6.45, 7) is 0. The number of aromatic nitrogens is 4. The van der Waals surface area contributed by atoms with Gasteiger partial charge in [0.2, 0.25) is 0 Å². The van der Waals surface area contributed by atoms with Gasteiger partial charge in [-0.2, -0.15) is 10.2 Å². The van der Waals surface area contributed by atoms with Crippen molar-refractivity contribution in [3.63, 3.8) is 0 Å². The standard InChI is InChI=1S/C18H15N5O3/c1-23-10-15(9-19-23)26-14-4-2-13(3-5-14)20-18(24)17-8-16(21-22-17)12-6-7-25-11-12/h2-11H,1H3,(H,20,24)(H,21,22). The molecule has 2 N–H and O–H groups in total. The first kappa shape index (κ1) is 15.7. The molecule has 3 aromatic heterocycles. The lowest BCUT2D eigenvalue weighted by molar-refractivity contribution is 0.102. The molecule has 0 fully saturated rings. The molecule has 0 spiro atoms. The lowest BCUT2D eigenvalue weighted by Gasteiger charge is -2.06. The maximum atomic E-state index is 12.3. The Hall–Kier alpha value is -3.81. The fourth-order valence-corrected chi connectivity index (χ4v) is 2.39. The van der Waals surface area contributed by atoms with Crippen LogP contribution in [-0.2, 0) is 7.05 Å². The van der Waals surface area contributed by atoms with Crippen molar-refractivity contribution in [1.29, 1.82) is 0 Å². The number of rotatable bonds is 5. The van der Waals surface area contributed by atoms with Gasteiger partial charge in [-0.25, -0.2) is 0 Å². The second-order valence-corrected chi connectivity index (χ2v) is 5.61. The van der Waals surface area contributed by atoms with Crippen LogP contribution in [0.5, 0.6) is 11.5 Å². The number of carbonyl (C=O) groups excluding carboxylic acids is 1. The minimum absolute atomic E-state index is 0.284. The number of H-pyrrole nitrogens is 1. The smallest absolute Gasteiger partial charge is 0.273 e. The van der Waals surface area contributed by atoms with Gasteiger partial charge in [-0.1, -0.05) is 0 Å². The Labute approximate surface area is 148 Å². The predicted octanol–water partition coefficient (Wildman–Crippen LogP) is 3.45. The van der Waals surface area contributed by atoms with Crippen molar-refractivity contribution in [2.45, 2.75) is 0 Å². The molecule has 4 rings (SSSR count). The Morgan fingerprint density at radius 1 is 1.23 bits per heavy atom. The van der Waals surface area contributed by atoms with Gasteiger partial charge in [-0.05, 0) is 36.4 Å². The Morgan fingerprint density at radius 2 is 2.08 bits per heavy atom. The third-order valence-electron chi connectivity index (χ3n) is 3.67. The van der Waals surface area contributed by atoms with Gasteiger partial charge in [0.05, 0.1) is 30.6 Å². The number of aryl methyl sites for hydroxylation is 1. The van der Waals surface area contributed by atoms with E-state index in [1.807, 2.05) is 7.05 Å². The van der Waals surface area contributed by atoms with Crippen LogP contribution >= 0.6 is 0 Å². The molecule has 3 heterocycles. The highest BCUT2D eigenvalue weighted by Crippen LogP contribution is 2.23. The molecule has 26 heavy (non-hydrogen) atoms. The van der Waals surface area contributed by atoms with Gasteiger partial charge < -0.3 is 14.5 Å². The number of anilines is 1. The van der Waals surface area contributed by atoms with E-state index >= 15 is 0 Å². The summed E-state index contributed by atoms with van der Waals surface area (Å²) in [4.78, 5) is 12.3. The number of hydrogen-bond acceptors (Lipinski definition) is 5. The predicted molar refractivity (Wildman–Crippen MR) is 94.0 cm³/mol. The van der Waals surface area contributed by atoms with Crippen LogP contribution in [0.2, 0.25) is 0 Å². The highest BCUT2D eigenvalue weighted by molar-refractivity contribution is 6.03. The zero-order chi connectivity index (χ0) is 17.9. The molecule has 1 aromatic carbocycles. The summed E-state index contributed by atoms with van der Waals surface area (Å²) in [5.41, 5.74) is 2.45. The third kappa shape index (κ3) is 3.34. The van der Waals surface area contributed by atoms with E-state index in [0.29, 0.717) is 28.6 Å². The van der Waals surface area contributed by atoms with E-state index in [9.17, 15) is 4.79 Å². The van der Waals surface area contributed by atoms with Crippen LogP contribution in [-0.4, -0.2) is 25.9 Å². The maximum absolute atomic E-state index is 12.3. The van der Waals surface area contributed by atoms with Crippen molar-refractivity contribution in [3.05, 3.63) is 67.0 Å². The fraction of sp³-hybridized carbons (Fsp3) is 0.0556. The molecule has 4 aromatic rings. The molecule has 0 saturated heterocycles. The second kappa shape index (κ2) is 6.60. The Balaban J connectivity index is 1.41. The van der Waals surface area contributed by atoms with Gasteiger partial charge in [0.15, 0.2) is 5.75 Å². The molecule has 0 radical (unpaired) electrons. The van der Waals surface area contributed by atoms with Crippen molar-refractivity contribution in [2.75, 3.05) is 5.32 Å². The molecule has 0 unspecified atom stereocenters. The van der Waals surface area contributed by atoms with Gasteiger partial charge in [-0.15, -0.1) is 0 Å². The van der Waals surface area contributed by atoms with E-state index in [4.69, 9.17) is 9.15 Å². The van der Waals surface area contributed by atoms with Crippen molar-refractivity contribution in [3.8, 4) is 22.8 Å². The lowest BCUT2D eigenvalue weighted by atomic mass is 10.2. The highest BCUT2D eigenvalue weighted by atomic mass is 16.5. The zero-order valence-corrected chi connectivity index (χ0v) is 13.8. The molecule has 0 bridgehead atoms. The molecule has 0 atom stereocenters. The Morgan fingerprint density at radius 3 is 2.77 bits per heavy atom. The molecule has 0 aliphatic carbocycles. The van der Waals surface area contributed by atoms with E-state index in [1.54, 1.807) is 66.0 Å². The average molecular weight is 349 g/mol. The molecule has 1 amide bonds. The molecule has 0 aliphatic heterocycles. The number of benzene rings is 1. The molecule has 8 nitrogen and oxygen atoms in total. The van der Waals surface area contributed by atoms with Gasteiger partial charge >= 0.3 is 0 Å². The SMILES string of the molecule is Cn1cc(Oc2ccc(NC(=O)c3cc(-c4ccoc4)n[nH]3)cc2)cn1. The van der Waals surface area contributed by atoms with Crippen LogP contribution in [0, 0.1) is 0 Å². The Kier molecular flexibility index (Phi) is 3.98. The lowest BCUT2D eigenvalue weighted by Crippen LogP contribution is -2.12. The van der Waals surface area contributed by atoms with Gasteiger partial charge in [0.1, 0.15) is 11.4 Å². The Bertz CT molecular complexity index is 1020. The van der Waals surface area contributed by atoms with Crippen LogP contribution in [0.15, 0.2) is 65.7 Å². The first-order valence-corrected chi connectivity index (χ1v) is 7.83. The fourth-order valence-electron chi connectivity index (χ4n) is 2.39. The highest BCUT2D eigenvalue weighted by Gasteiger charge is 2.12. The number of ether oxygens (including phenoxy) is 1. The van der Waals surface area contributed by atoms with Gasteiger partial charge in [-0.3, -0.25) is 14.6 Å². The van der Waals surface area contributed by atoms with E-state index in [-0.39, 0.29) is 5.91 Å². The quantitative estimate of drug-likeness (QED) is 0.575. The van der Waals surface area contributed by atoms with Crippen LogP contribution < -0.4 is 10.1 Å². The van der Waals surface area contributed by atoms with Crippen LogP contribution in [0.3, 0.4) is 0 Å². The number of nitrogens with zero attached hydrogens (tertiary/aromatic N) is 3. The largest absolute Gasteiger partial charge is 0.472 e. The maximum Gasteiger partial charge on any atom is 0.273 e. The number of amides is 1. The van der Waals surface area contributed by atoms with E-state index in [2.05, 4.69) is 20.6 Å². The van der Waals surface area contributed by atoms with E-state index in [0.717, 1.165) is 5.56 Å². The molecule has 130 valence electrons. The van der Waals surface area contributed by atoms with Crippen LogP contribution in [0.1, 0.15) is 10.5 Å². The van der Waals surface area contributed by atoms with Crippen molar-refractivity contribution in [2.24, 2.45) is 7.05 Å². The van der Waals surface area contributed by atoms with Gasteiger partial charge in [0, 0.05) is 18.3 Å². The summed E-state index contributed by atoms with van der Waals surface area (Å²) in [5.74, 6) is 1.02. The van der Waals surface area contributed by atoms with Gasteiger partial charge in [0.25, 0.3) is 5.91 Å². The monoisotopic (exact) mass is 349 g/mol. The number of aromatic amines is 1. The zero-order valence-electron chi connectivity index (χ0n) is 13.8. The minimum atomic E-state index is -0.284. The first-order valence-electron chi connectivity index (χ1n) is 7.83. The summed E-state index contributed by atoms with van der Waals surface area (Å²) in [7, 11) is 1.82. The van der Waals surface area contributed by atoms with E-state index < -0.39 is 0 Å². The topological polar surface area (TPSA) is 98.0 Å². The molecule has 8 heteroatoms. The molecule has 0 saturated carbocycles. The summed E-state index contributed by atoms with van der Waals surface area (Å²) < 4.78 is 12.3. The van der Waals surface area contributed by atoms with Crippen molar-refractivity contribution >= 4 is 11.6 Å². The summed E-state index contributed by atoms with van der Waals surface area (Å²) >= 11 is 0.